The van der Waals surface area contributed by atoms with Crippen LogP contribution in [0.2, 0.25) is 0 Å². The molecule has 3 aliphatic heterocycles. The van der Waals surface area contributed by atoms with Gasteiger partial charge in [-0.2, -0.15) is 0 Å². The lowest BCUT2D eigenvalue weighted by molar-refractivity contribution is -0.155. The number of phenols is 1. The highest BCUT2D eigenvalue weighted by Crippen LogP contribution is 2.42. The minimum atomic E-state index is -1.18. The lowest BCUT2D eigenvalue weighted by Crippen LogP contribution is -2.62. The number of ether oxygens (including phenoxy) is 2. The summed E-state index contributed by atoms with van der Waals surface area (Å²) in [6, 6.07) is 12.3. The van der Waals surface area contributed by atoms with Crippen molar-refractivity contribution < 1.29 is 38.6 Å². The van der Waals surface area contributed by atoms with E-state index < -0.39 is 52.8 Å². The topological polar surface area (TPSA) is 179 Å². The average molecular weight is 973 g/mol. The van der Waals surface area contributed by atoms with Crippen LogP contribution in [0.5, 0.6) is 5.75 Å². The third-order valence-electron chi connectivity index (χ3n) is 14.6. The summed E-state index contributed by atoms with van der Waals surface area (Å²) in [4.78, 5) is 80.4. The number of nitrogens with zero attached hydrogens (tertiary/aromatic N) is 6. The Balaban J connectivity index is 1.24. The Hall–Kier alpha value is -6.28. The number of cyclic esters (lactones) is 1. The third kappa shape index (κ3) is 11.4. The molecule has 2 fully saturated rings. The monoisotopic (exact) mass is 973 g/mol. The standard InChI is InChI=1S/C55H72N8O8/c1-33(2)48(61(11)51(67)37-20-24-62(31-37)46(65)19-21-55(6,7)59(8)9)50(66)57-44-27-35-25-38(28-39(64)26-35)36-17-18-45-41(29-36)42(49(60(45)10)40-15-13-22-56-47(40)34(3)70-12)30-54(4,5)32-71-53(69)43-16-14-23-63(58-43)52(44)68/h13,15,17-18,22,25-26,28-29,33-34,37,43-44,48,58,64H,14,16,20,23-24,27,30-32H2,1-12H3,(H,57,66)/t34-,37-,43-,44-,48?/m0/s1. The van der Waals surface area contributed by atoms with E-state index in [0.717, 1.165) is 39.0 Å². The van der Waals surface area contributed by atoms with Crippen LogP contribution in [0.15, 0.2) is 54.7 Å². The summed E-state index contributed by atoms with van der Waals surface area (Å²) in [5.41, 5.74) is 8.85. The Morgan fingerprint density at radius 2 is 1.77 bits per heavy atom. The van der Waals surface area contributed by atoms with Crippen molar-refractivity contribution in [1.82, 2.24) is 40.0 Å². The highest BCUT2D eigenvalue weighted by molar-refractivity contribution is 5.97. The molecule has 7 rings (SSSR count). The van der Waals surface area contributed by atoms with E-state index in [-0.39, 0.29) is 55.7 Å². The first-order valence-electron chi connectivity index (χ1n) is 24.7. The fraction of sp³-hybridized carbons (Fsp3) is 0.527. The minimum absolute atomic E-state index is 0.0195. The number of benzene rings is 2. The van der Waals surface area contributed by atoms with Gasteiger partial charge in [0.05, 0.1) is 35.6 Å². The quantitative estimate of drug-likeness (QED) is 0.140. The van der Waals surface area contributed by atoms with Gasteiger partial charge in [0.1, 0.15) is 23.9 Å². The van der Waals surface area contributed by atoms with Gasteiger partial charge >= 0.3 is 5.97 Å². The second-order valence-corrected chi connectivity index (χ2v) is 21.4. The summed E-state index contributed by atoms with van der Waals surface area (Å²) in [5.74, 6) is 2.69. The summed E-state index contributed by atoms with van der Waals surface area (Å²) in [5, 5.41) is 16.7. The molecule has 3 N–H and O–H groups in total. The van der Waals surface area contributed by atoms with Crippen LogP contribution in [0, 0.1) is 29.1 Å². The van der Waals surface area contributed by atoms with E-state index in [4.69, 9.17) is 14.5 Å². The zero-order valence-corrected chi connectivity index (χ0v) is 43.5. The molecule has 0 radical (unpaired) electrons. The molecule has 1 unspecified atom stereocenters. The average Bonchev–Trinajstić information content (AvgIpc) is 3.93. The number of methoxy groups -OCH3 is 1. The van der Waals surface area contributed by atoms with Crippen LogP contribution in [0.3, 0.4) is 0 Å². The van der Waals surface area contributed by atoms with Gasteiger partial charge in [0, 0.05) is 75.3 Å². The van der Waals surface area contributed by atoms with Crippen molar-refractivity contribution >= 4 is 40.5 Å². The van der Waals surface area contributed by atoms with Crippen molar-refractivity contribution in [2.45, 2.75) is 110 Å². The van der Waals surface area contributed by atoms with E-state index in [9.17, 15) is 29.1 Å². The molecule has 2 aromatic heterocycles. The summed E-state index contributed by atoms with van der Waals surface area (Å²) < 4.78 is 14.1. The maximum Gasteiger partial charge on any atom is 0.324 e. The first-order chi connectivity index (χ1) is 33.5. The number of nitrogens with one attached hydrogen (secondary N) is 2. The number of hydrazine groups is 1. The van der Waals surface area contributed by atoms with E-state index >= 15 is 0 Å². The molecule has 380 valence electrons. The van der Waals surface area contributed by atoms with Gasteiger partial charge in [-0.1, -0.05) is 45.7 Å². The fourth-order valence-electron chi connectivity index (χ4n) is 10.0. The molecule has 2 aromatic carbocycles. The summed E-state index contributed by atoms with van der Waals surface area (Å²) in [6.45, 7) is 14.5. The van der Waals surface area contributed by atoms with Crippen LogP contribution < -0.4 is 10.7 Å². The first-order valence-corrected chi connectivity index (χ1v) is 24.7. The highest BCUT2D eigenvalue weighted by Gasteiger charge is 2.40. The van der Waals surface area contributed by atoms with Crippen molar-refractivity contribution in [2.24, 2.45) is 24.3 Å². The Kier molecular flexibility index (Phi) is 15.7. The molecule has 71 heavy (non-hydrogen) atoms. The van der Waals surface area contributed by atoms with Crippen LogP contribution in [0.4, 0.5) is 0 Å². The Bertz CT molecular complexity index is 2750. The SMILES string of the molecule is CO[C@@H](C)c1ncccc1-c1c2c3cc(ccc3n1C)-c1cc(O)cc(c1)C[C@H](NC(=O)C(C(C)C)N(C)C(=O)[C@H]1CCN(C(=O)C#CC(C)(C)N(C)C)C1)C(=O)N1CCC[C@H](N1)C(=O)OCC(C)(C)C2. The molecule has 0 spiro atoms. The smallest absolute Gasteiger partial charge is 0.324 e. The number of aryl methyl sites for hydroxylation is 1. The molecule has 2 saturated heterocycles. The molecule has 5 atom stereocenters. The number of carbonyl (C=O) groups is 5. The molecule has 3 aliphatic rings. The number of likely N-dealkylation sites (N-methyl/N-ethyl adjacent to an activating group) is 1. The molecular weight excluding hydrogens is 901 g/mol. The van der Waals surface area contributed by atoms with Gasteiger partial charge in [-0.05, 0) is 131 Å². The molecule has 0 saturated carbocycles. The van der Waals surface area contributed by atoms with E-state index in [1.54, 1.807) is 37.4 Å². The molecule has 4 aromatic rings. The van der Waals surface area contributed by atoms with Crippen LogP contribution >= 0.6 is 0 Å². The molecular formula is C55H72N8O8. The molecule has 6 bridgehead atoms. The Morgan fingerprint density at radius 3 is 2.48 bits per heavy atom. The number of likely N-dealkylation sites (tertiary alicyclic amines) is 1. The van der Waals surface area contributed by atoms with E-state index in [0.29, 0.717) is 43.4 Å². The number of aromatic nitrogens is 2. The Morgan fingerprint density at radius 1 is 1.03 bits per heavy atom. The predicted octanol–water partition coefficient (Wildman–Crippen LogP) is 5.64. The number of pyridine rings is 1. The Labute approximate surface area is 418 Å². The zero-order chi connectivity index (χ0) is 51.7. The van der Waals surface area contributed by atoms with Crippen molar-refractivity contribution in [1.29, 1.82) is 0 Å². The maximum absolute atomic E-state index is 14.8. The van der Waals surface area contributed by atoms with Crippen molar-refractivity contribution in [2.75, 3.05) is 54.5 Å². The van der Waals surface area contributed by atoms with Gasteiger partial charge in [-0.3, -0.25) is 38.9 Å². The van der Waals surface area contributed by atoms with Crippen molar-refractivity contribution in [3.8, 4) is 40.0 Å². The molecule has 0 aliphatic carbocycles. The van der Waals surface area contributed by atoms with Gasteiger partial charge in [-0.25, -0.2) is 5.43 Å². The van der Waals surface area contributed by atoms with E-state index in [2.05, 4.69) is 59.2 Å². The number of carbonyl (C=O) groups excluding carboxylic acids is 5. The van der Waals surface area contributed by atoms with Crippen molar-refractivity contribution in [3.63, 3.8) is 0 Å². The molecule has 5 heterocycles. The van der Waals surface area contributed by atoms with Crippen LogP contribution in [0.1, 0.15) is 90.7 Å². The van der Waals surface area contributed by atoms with Gasteiger partial charge in [0.25, 0.3) is 11.8 Å². The summed E-state index contributed by atoms with van der Waals surface area (Å²) in [7, 11) is 9.06. The van der Waals surface area contributed by atoms with Crippen LogP contribution in [-0.4, -0.2) is 142 Å². The number of fused-ring (bicyclic) bond motifs is 6. The molecule has 4 amide bonds. The van der Waals surface area contributed by atoms with Gasteiger partial charge < -0.3 is 34.3 Å². The number of hydrogen-bond donors (Lipinski definition) is 3. The minimum Gasteiger partial charge on any atom is -0.508 e. The van der Waals surface area contributed by atoms with Crippen LogP contribution in [-0.2, 0) is 53.3 Å². The van der Waals surface area contributed by atoms with Gasteiger partial charge in [-0.15, -0.1) is 0 Å². The lowest BCUT2D eigenvalue weighted by Gasteiger charge is -2.37. The van der Waals surface area contributed by atoms with Crippen LogP contribution in [0.25, 0.3) is 33.3 Å². The third-order valence-corrected chi connectivity index (χ3v) is 14.6. The number of aromatic hydroxyl groups is 1. The second-order valence-electron chi connectivity index (χ2n) is 21.4. The number of hydrogen-bond acceptors (Lipinski definition) is 11. The number of esters is 1. The highest BCUT2D eigenvalue weighted by atomic mass is 16.5. The fourth-order valence-corrected chi connectivity index (χ4v) is 10.0. The maximum atomic E-state index is 14.8. The normalized spacial score (nSPS) is 20.5. The largest absolute Gasteiger partial charge is 0.508 e. The number of rotatable bonds is 9. The molecule has 16 heteroatoms. The van der Waals surface area contributed by atoms with Crippen molar-refractivity contribution in [3.05, 3.63) is 71.5 Å². The first kappa shape index (κ1) is 52.5. The van der Waals surface area contributed by atoms with E-state index in [1.165, 1.54) is 9.91 Å². The zero-order valence-electron chi connectivity index (χ0n) is 43.5. The summed E-state index contributed by atoms with van der Waals surface area (Å²) in [6.07, 6.45) is 3.33. The van der Waals surface area contributed by atoms with Gasteiger partial charge in [0.15, 0.2) is 0 Å². The predicted molar refractivity (Wildman–Crippen MR) is 272 cm³/mol. The van der Waals surface area contributed by atoms with E-state index in [1.807, 2.05) is 78.9 Å². The molecule has 16 nitrogen and oxygen atoms in total. The number of amides is 4. The second kappa shape index (κ2) is 21.2. The lowest BCUT2D eigenvalue weighted by atomic mass is 9.84. The summed E-state index contributed by atoms with van der Waals surface area (Å²) >= 11 is 0. The van der Waals surface area contributed by atoms with Gasteiger partial charge in [0.2, 0.25) is 11.8 Å². The number of phenolic OH excluding ortho intramolecular Hbond substituents is 1.